The summed E-state index contributed by atoms with van der Waals surface area (Å²) >= 11 is -0.804. The van der Waals surface area contributed by atoms with E-state index in [9.17, 15) is 0 Å². The molecule has 0 spiro atoms. The van der Waals surface area contributed by atoms with Gasteiger partial charge in [-0.25, -0.2) is 0 Å². The second-order valence-corrected chi connectivity index (χ2v) is 14.9. The molecule has 12 heavy (non-hydrogen) atoms. The summed E-state index contributed by atoms with van der Waals surface area (Å²) in [5.74, 6) is 0. The summed E-state index contributed by atoms with van der Waals surface area (Å²) in [6.07, 6.45) is 4.44. The van der Waals surface area contributed by atoms with Crippen molar-refractivity contribution < 1.29 is 0 Å². The fourth-order valence-electron chi connectivity index (χ4n) is 0.952. The summed E-state index contributed by atoms with van der Waals surface area (Å²) in [4.78, 5) is 0. The number of benzene rings is 1. The van der Waals surface area contributed by atoms with Crippen LogP contribution in [0.2, 0.25) is 0 Å². The third kappa shape index (κ3) is 2.76. The Balaban J connectivity index is 2.80. The molecule has 1 aromatic rings. The normalized spacial score (nSPS) is 10.7. The molecule has 0 atom stereocenters. The molecule has 0 unspecified atom stereocenters. The van der Waals surface area contributed by atoms with Crippen molar-refractivity contribution in [2.75, 3.05) is 12.5 Å². The molecule has 0 aliphatic carbocycles. The first kappa shape index (κ1) is 10.6. The van der Waals surface area contributed by atoms with E-state index in [-0.39, 0.29) is 0 Å². The van der Waals surface area contributed by atoms with E-state index in [0.29, 0.717) is 0 Å². The van der Waals surface area contributed by atoms with E-state index < -0.39 is 12.3 Å². The van der Waals surface area contributed by atoms with Crippen LogP contribution in [0.5, 0.6) is 0 Å². The quantitative estimate of drug-likeness (QED) is 0.765. The van der Waals surface area contributed by atoms with Gasteiger partial charge in [0.1, 0.15) is 0 Å². The van der Waals surface area contributed by atoms with Crippen LogP contribution < -0.4 is 4.35 Å². The van der Waals surface area contributed by atoms with Crippen LogP contribution in [0.15, 0.2) is 24.3 Å². The number of rotatable bonds is 3. The van der Waals surface area contributed by atoms with Crippen LogP contribution >= 0.6 is 20.0 Å². The van der Waals surface area contributed by atoms with Gasteiger partial charge in [0.15, 0.2) is 0 Å². The molecular weight excluding hydrogens is 247 g/mol. The van der Waals surface area contributed by atoms with Gasteiger partial charge in [0.2, 0.25) is 0 Å². The Morgan fingerprint density at radius 2 is 1.50 bits per heavy atom. The standard InChI is InChI=1S/C9H13AsS2/c1-8-4-6-9(7-5-8)10(11-2)12-3/h4-7H,1-3H3. The van der Waals surface area contributed by atoms with Gasteiger partial charge < -0.3 is 0 Å². The van der Waals surface area contributed by atoms with E-state index in [1.807, 2.05) is 20.0 Å². The van der Waals surface area contributed by atoms with Crippen molar-refractivity contribution in [3.8, 4) is 0 Å². The molecule has 0 nitrogen and oxygen atoms in total. The maximum atomic E-state index is 2.28. The average molecular weight is 260 g/mol. The zero-order valence-electron chi connectivity index (χ0n) is 7.57. The van der Waals surface area contributed by atoms with Gasteiger partial charge in [-0.2, -0.15) is 0 Å². The zero-order chi connectivity index (χ0) is 8.97. The van der Waals surface area contributed by atoms with E-state index in [1.54, 1.807) is 4.35 Å². The molecule has 0 saturated carbocycles. The van der Waals surface area contributed by atoms with E-state index >= 15 is 0 Å². The molecule has 0 N–H and O–H groups in total. The van der Waals surface area contributed by atoms with Gasteiger partial charge >= 0.3 is 86.0 Å². The molecule has 1 aromatic carbocycles. The second-order valence-electron chi connectivity index (χ2n) is 2.46. The monoisotopic (exact) mass is 260 g/mol. The summed E-state index contributed by atoms with van der Waals surface area (Å²) in [7, 11) is 4.08. The van der Waals surface area contributed by atoms with Crippen LogP contribution in [0.1, 0.15) is 5.56 Å². The minimum atomic E-state index is -0.804. The molecule has 1 rings (SSSR count). The van der Waals surface area contributed by atoms with Crippen molar-refractivity contribution in [2.24, 2.45) is 0 Å². The molecule has 0 saturated heterocycles. The van der Waals surface area contributed by atoms with E-state index in [1.165, 1.54) is 5.56 Å². The molecule has 0 radical (unpaired) electrons. The van der Waals surface area contributed by atoms with Crippen molar-refractivity contribution in [3.05, 3.63) is 29.8 Å². The molecule has 0 amide bonds. The molecule has 0 aromatic heterocycles. The summed E-state index contributed by atoms with van der Waals surface area (Å²) in [6.45, 7) is 2.14. The maximum absolute atomic E-state index is 2.28. The zero-order valence-corrected chi connectivity index (χ0v) is 11.1. The molecule has 0 fully saturated rings. The predicted octanol–water partition coefficient (Wildman–Crippen LogP) is 2.42. The Bertz CT molecular complexity index is 229. The van der Waals surface area contributed by atoms with Crippen LogP contribution in [-0.2, 0) is 0 Å². The van der Waals surface area contributed by atoms with Gasteiger partial charge in [0, 0.05) is 0 Å². The average Bonchev–Trinajstić information content (AvgIpc) is 2.10. The van der Waals surface area contributed by atoms with Crippen LogP contribution in [0, 0.1) is 6.92 Å². The first-order valence-electron chi connectivity index (χ1n) is 3.73. The summed E-state index contributed by atoms with van der Waals surface area (Å²) < 4.78 is 1.56. The van der Waals surface area contributed by atoms with Gasteiger partial charge in [-0.3, -0.25) is 0 Å². The summed E-state index contributed by atoms with van der Waals surface area (Å²) in [5.41, 5.74) is 1.36. The van der Waals surface area contributed by atoms with Crippen molar-refractivity contribution >= 4 is 36.7 Å². The van der Waals surface area contributed by atoms with Crippen molar-refractivity contribution in [1.29, 1.82) is 0 Å². The van der Waals surface area contributed by atoms with Crippen molar-refractivity contribution in [1.82, 2.24) is 0 Å². The predicted molar refractivity (Wildman–Crippen MR) is 63.6 cm³/mol. The number of hydrogen-bond donors (Lipinski definition) is 0. The van der Waals surface area contributed by atoms with Gasteiger partial charge in [0.25, 0.3) is 0 Å². The molecular formula is C9H13AsS2. The Kier molecular flexibility index (Phi) is 4.63. The van der Waals surface area contributed by atoms with Crippen LogP contribution in [0.3, 0.4) is 0 Å². The molecule has 0 heterocycles. The summed E-state index contributed by atoms with van der Waals surface area (Å²) in [6, 6.07) is 8.98. The molecule has 0 aliphatic rings. The van der Waals surface area contributed by atoms with Crippen LogP contribution in [0.4, 0.5) is 0 Å². The van der Waals surface area contributed by atoms with Crippen LogP contribution in [-0.4, -0.2) is 24.8 Å². The van der Waals surface area contributed by atoms with Gasteiger partial charge in [-0.05, 0) is 0 Å². The topological polar surface area (TPSA) is 0 Å². The minimum absolute atomic E-state index is 0.804. The first-order chi connectivity index (χ1) is 5.77. The second kappa shape index (κ2) is 5.26. The van der Waals surface area contributed by atoms with E-state index in [2.05, 4.69) is 43.7 Å². The number of aryl methyl sites for hydroxylation is 1. The third-order valence-electron chi connectivity index (χ3n) is 1.58. The third-order valence-corrected chi connectivity index (χ3v) is 14.8. The molecule has 66 valence electrons. The number of hydrogen-bond acceptors (Lipinski definition) is 2. The van der Waals surface area contributed by atoms with E-state index in [0.717, 1.165) is 0 Å². The SMILES string of the molecule is CS[As](SC)c1ccc(C)cc1. The Morgan fingerprint density at radius 1 is 1.00 bits per heavy atom. The fourth-order valence-corrected chi connectivity index (χ4v) is 9.53. The Labute approximate surface area is 85.7 Å². The molecule has 0 aliphatic heterocycles. The van der Waals surface area contributed by atoms with Gasteiger partial charge in [-0.15, -0.1) is 0 Å². The van der Waals surface area contributed by atoms with Crippen molar-refractivity contribution in [2.45, 2.75) is 6.92 Å². The summed E-state index contributed by atoms with van der Waals surface area (Å²) in [5, 5.41) is 0. The first-order valence-corrected chi connectivity index (χ1v) is 11.6. The van der Waals surface area contributed by atoms with Crippen LogP contribution in [0.25, 0.3) is 0 Å². The Hall–Kier alpha value is 0.478. The molecule has 0 bridgehead atoms. The van der Waals surface area contributed by atoms with Gasteiger partial charge in [-0.1, -0.05) is 0 Å². The fraction of sp³-hybridized carbons (Fsp3) is 0.333. The van der Waals surface area contributed by atoms with Gasteiger partial charge in [0.05, 0.1) is 0 Å². The molecule has 3 heteroatoms. The Morgan fingerprint density at radius 3 is 1.92 bits per heavy atom. The van der Waals surface area contributed by atoms with E-state index in [4.69, 9.17) is 0 Å². The van der Waals surface area contributed by atoms with Crippen molar-refractivity contribution in [3.63, 3.8) is 0 Å².